The summed E-state index contributed by atoms with van der Waals surface area (Å²) >= 11 is 0. The number of carbonyl (C=O) groups is 2. The van der Waals surface area contributed by atoms with Gasteiger partial charge in [0.05, 0.1) is 6.42 Å². The van der Waals surface area contributed by atoms with Gasteiger partial charge in [0.25, 0.3) is 0 Å². The Balaban J connectivity index is 2.53. The van der Waals surface area contributed by atoms with Gasteiger partial charge >= 0.3 is 0 Å². The summed E-state index contributed by atoms with van der Waals surface area (Å²) in [5.74, 6) is -0.307. The van der Waals surface area contributed by atoms with Gasteiger partial charge in [0, 0.05) is 32.9 Å². The average Bonchev–Trinajstić information content (AvgIpc) is 2.61. The molecular formula is C8H13B3N3O2. The average molecular weight is 216 g/mol. The SMILES string of the molecule is [B][B]NC1CN(C(=O)CC(C)=O)CC1N[B]. The van der Waals surface area contributed by atoms with Crippen molar-refractivity contribution in [2.24, 2.45) is 0 Å². The largest absolute Gasteiger partial charge is 0.364 e. The van der Waals surface area contributed by atoms with Crippen LogP contribution in [0, 0.1) is 0 Å². The van der Waals surface area contributed by atoms with Crippen molar-refractivity contribution in [3.8, 4) is 0 Å². The van der Waals surface area contributed by atoms with E-state index in [1.165, 1.54) is 14.2 Å². The molecule has 5 nitrogen and oxygen atoms in total. The van der Waals surface area contributed by atoms with Crippen LogP contribution in [-0.2, 0) is 9.59 Å². The summed E-state index contributed by atoms with van der Waals surface area (Å²) in [6, 6.07) is -0.0818. The molecule has 1 saturated heterocycles. The molecule has 0 aromatic heterocycles. The molecule has 8 heteroatoms. The fourth-order valence-corrected chi connectivity index (χ4v) is 1.79. The first-order valence-electron chi connectivity index (χ1n) is 5.11. The standard InChI is InChI=1S/C8H13B3N3O2/c1-5(15)2-8(16)14-3-6(12-10)7(4-14)13-11-9/h6-7,12-13H,2-4H2,1H3. The van der Waals surface area contributed by atoms with Crippen LogP contribution in [0.25, 0.3) is 0 Å². The summed E-state index contributed by atoms with van der Waals surface area (Å²) in [4.78, 5) is 24.1. The molecule has 1 fully saturated rings. The minimum atomic E-state index is -0.172. The van der Waals surface area contributed by atoms with Crippen LogP contribution < -0.4 is 10.5 Å². The van der Waals surface area contributed by atoms with E-state index in [4.69, 9.17) is 15.7 Å². The minimum Gasteiger partial charge on any atom is -0.364 e. The second-order valence-electron chi connectivity index (χ2n) is 3.89. The molecule has 0 aromatic carbocycles. The predicted octanol–water partition coefficient (Wildman–Crippen LogP) is -2.49. The number of ketones is 1. The number of rotatable bonds is 5. The van der Waals surface area contributed by atoms with E-state index in [1.807, 2.05) is 0 Å². The lowest BCUT2D eigenvalue weighted by molar-refractivity contribution is -0.134. The Kier molecular flexibility index (Phi) is 5.08. The zero-order chi connectivity index (χ0) is 12.1. The van der Waals surface area contributed by atoms with Crippen molar-refractivity contribution in [2.45, 2.75) is 25.4 Å². The number of Topliss-reactive ketones (excluding diaryl/α,β-unsaturated/α-hetero) is 1. The van der Waals surface area contributed by atoms with Gasteiger partial charge in [-0.25, -0.2) is 0 Å². The molecule has 0 aromatic rings. The quantitative estimate of drug-likeness (QED) is 0.394. The zero-order valence-electron chi connectivity index (χ0n) is 9.27. The fourth-order valence-electron chi connectivity index (χ4n) is 1.79. The third-order valence-corrected chi connectivity index (χ3v) is 2.60. The number of nitrogens with one attached hydrogen (secondary N) is 2. The van der Waals surface area contributed by atoms with E-state index in [9.17, 15) is 9.59 Å². The Morgan fingerprint density at radius 3 is 2.56 bits per heavy atom. The Morgan fingerprint density at radius 1 is 1.44 bits per heavy atom. The van der Waals surface area contributed by atoms with E-state index >= 15 is 0 Å². The molecule has 0 spiro atoms. The molecule has 5 radical (unpaired) electrons. The highest BCUT2D eigenvalue weighted by atomic mass is 16.2. The molecule has 16 heavy (non-hydrogen) atoms. The number of amides is 1. The molecule has 2 unspecified atom stereocenters. The van der Waals surface area contributed by atoms with E-state index in [0.29, 0.717) is 13.1 Å². The molecule has 1 heterocycles. The Labute approximate surface area is 98.8 Å². The normalized spacial score (nSPS) is 24.4. The van der Waals surface area contributed by atoms with Gasteiger partial charge in [-0.2, -0.15) is 0 Å². The summed E-state index contributed by atoms with van der Waals surface area (Å²) in [5.41, 5.74) is 0. The van der Waals surface area contributed by atoms with Crippen LogP contribution in [0.2, 0.25) is 0 Å². The topological polar surface area (TPSA) is 61.4 Å². The van der Waals surface area contributed by atoms with Gasteiger partial charge in [-0.3, -0.25) is 9.59 Å². The second-order valence-corrected chi connectivity index (χ2v) is 3.89. The third-order valence-electron chi connectivity index (χ3n) is 2.60. The third kappa shape index (κ3) is 3.38. The molecule has 1 amide bonds. The van der Waals surface area contributed by atoms with Crippen LogP contribution in [0.15, 0.2) is 0 Å². The maximum absolute atomic E-state index is 11.6. The van der Waals surface area contributed by atoms with Crippen LogP contribution in [0.4, 0.5) is 0 Å². The van der Waals surface area contributed by atoms with Crippen LogP contribution in [0.3, 0.4) is 0 Å². The first-order chi connectivity index (χ1) is 7.58. The van der Waals surface area contributed by atoms with E-state index in [1.54, 1.807) is 4.90 Å². The first kappa shape index (κ1) is 13.3. The summed E-state index contributed by atoms with van der Waals surface area (Å²) < 4.78 is 0. The Bertz CT molecular complexity index is 277. The molecule has 0 bridgehead atoms. The molecule has 2 atom stereocenters. The predicted molar refractivity (Wildman–Crippen MR) is 63.0 cm³/mol. The lowest BCUT2D eigenvalue weighted by atomic mass is 9.66. The van der Waals surface area contributed by atoms with Gasteiger partial charge in [0.1, 0.15) is 13.1 Å². The number of hydrogen-bond donors (Lipinski definition) is 2. The van der Waals surface area contributed by atoms with Crippen molar-refractivity contribution in [3.05, 3.63) is 0 Å². The van der Waals surface area contributed by atoms with Crippen molar-refractivity contribution in [3.63, 3.8) is 0 Å². The summed E-state index contributed by atoms with van der Waals surface area (Å²) in [5, 5.41) is 5.54. The number of nitrogens with zero attached hydrogens (tertiary/aromatic N) is 1. The first-order valence-corrected chi connectivity index (χ1v) is 5.11. The van der Waals surface area contributed by atoms with Gasteiger partial charge in [-0.1, -0.05) is 0 Å². The second kappa shape index (κ2) is 6.10. The molecule has 1 rings (SSSR count). The number of likely N-dealkylation sites (tertiary alicyclic amines) is 1. The summed E-state index contributed by atoms with van der Waals surface area (Å²) in [7, 11) is 12.0. The van der Waals surface area contributed by atoms with Crippen molar-refractivity contribution < 1.29 is 9.59 Å². The molecule has 81 valence electrons. The Morgan fingerprint density at radius 2 is 2.06 bits per heavy atom. The van der Waals surface area contributed by atoms with Crippen molar-refractivity contribution >= 4 is 34.7 Å². The van der Waals surface area contributed by atoms with Gasteiger partial charge in [-0.15, -0.1) is 0 Å². The molecule has 1 aliphatic heterocycles. The van der Waals surface area contributed by atoms with Gasteiger partial charge in [-0.05, 0) is 6.92 Å². The smallest absolute Gasteiger partial charge is 0.230 e. The zero-order valence-corrected chi connectivity index (χ0v) is 9.27. The number of hydrogen-bond acceptors (Lipinski definition) is 4. The van der Waals surface area contributed by atoms with Crippen molar-refractivity contribution in [1.29, 1.82) is 0 Å². The monoisotopic (exact) mass is 216 g/mol. The molecule has 1 aliphatic rings. The van der Waals surface area contributed by atoms with Gasteiger partial charge in [0.15, 0.2) is 7.98 Å². The fraction of sp³-hybridized carbons (Fsp3) is 0.750. The van der Waals surface area contributed by atoms with Crippen molar-refractivity contribution in [2.75, 3.05) is 13.1 Å². The lowest BCUT2D eigenvalue weighted by Crippen LogP contribution is -2.47. The molecule has 2 N–H and O–H groups in total. The Hall–Kier alpha value is -0.745. The van der Waals surface area contributed by atoms with E-state index in [0.717, 1.165) is 0 Å². The van der Waals surface area contributed by atoms with Crippen LogP contribution in [-0.4, -0.2) is 64.8 Å². The molecule has 0 saturated carbocycles. The van der Waals surface area contributed by atoms with E-state index in [-0.39, 0.29) is 30.2 Å². The van der Waals surface area contributed by atoms with E-state index < -0.39 is 0 Å². The summed E-state index contributed by atoms with van der Waals surface area (Å²) in [6.45, 7) is 2.37. The van der Waals surface area contributed by atoms with E-state index in [2.05, 4.69) is 10.5 Å². The molecule has 0 aliphatic carbocycles. The minimum absolute atomic E-state index is 0.0223. The van der Waals surface area contributed by atoms with Gasteiger partial charge in [0.2, 0.25) is 5.91 Å². The lowest BCUT2D eigenvalue weighted by Gasteiger charge is -2.17. The highest BCUT2D eigenvalue weighted by Gasteiger charge is 2.33. The van der Waals surface area contributed by atoms with Crippen molar-refractivity contribution in [1.82, 2.24) is 15.4 Å². The van der Waals surface area contributed by atoms with Crippen LogP contribution in [0.5, 0.6) is 0 Å². The maximum Gasteiger partial charge on any atom is 0.230 e. The maximum atomic E-state index is 11.6. The van der Waals surface area contributed by atoms with Crippen LogP contribution in [0.1, 0.15) is 13.3 Å². The van der Waals surface area contributed by atoms with Crippen LogP contribution >= 0.6 is 0 Å². The van der Waals surface area contributed by atoms with Gasteiger partial charge < -0.3 is 15.4 Å². The number of carbonyl (C=O) groups excluding carboxylic acids is 2. The summed E-state index contributed by atoms with van der Waals surface area (Å²) in [6.07, 6.45) is -0.0592. The molecular weight excluding hydrogens is 203 g/mol. The highest BCUT2D eigenvalue weighted by molar-refractivity contribution is 6.87. The highest BCUT2D eigenvalue weighted by Crippen LogP contribution is 2.11.